The van der Waals surface area contributed by atoms with Crippen LogP contribution in [0.3, 0.4) is 0 Å². The number of nitrogens with two attached hydrogens (primary N) is 1. The van der Waals surface area contributed by atoms with Gasteiger partial charge in [-0.3, -0.25) is 0 Å². The fourth-order valence-electron chi connectivity index (χ4n) is 2.37. The Morgan fingerprint density at radius 2 is 2.29 bits per heavy atom. The molecule has 1 unspecified atom stereocenters. The van der Waals surface area contributed by atoms with Crippen LogP contribution in [0, 0.1) is 6.92 Å². The van der Waals surface area contributed by atoms with Crippen LogP contribution in [0.15, 0.2) is 18.2 Å². The van der Waals surface area contributed by atoms with Gasteiger partial charge in [0.1, 0.15) is 0 Å². The van der Waals surface area contributed by atoms with Crippen molar-refractivity contribution in [2.75, 3.05) is 30.3 Å². The van der Waals surface area contributed by atoms with Gasteiger partial charge < -0.3 is 15.4 Å². The van der Waals surface area contributed by atoms with Crippen molar-refractivity contribution < 1.29 is 4.74 Å². The fourth-order valence-corrected chi connectivity index (χ4v) is 2.37. The van der Waals surface area contributed by atoms with Gasteiger partial charge in [0.25, 0.3) is 0 Å². The first-order valence-electron chi connectivity index (χ1n) is 6.44. The lowest BCUT2D eigenvalue weighted by Crippen LogP contribution is -2.32. The van der Waals surface area contributed by atoms with Gasteiger partial charge in [0.05, 0.1) is 17.5 Å². The Labute approximate surface area is 104 Å². The first kappa shape index (κ1) is 12.2. The van der Waals surface area contributed by atoms with Crippen LogP contribution in [0.4, 0.5) is 11.4 Å². The Balaban J connectivity index is 2.13. The number of hydrogen-bond donors (Lipinski definition) is 1. The van der Waals surface area contributed by atoms with E-state index in [2.05, 4.69) is 36.9 Å². The van der Waals surface area contributed by atoms with Crippen molar-refractivity contribution in [2.24, 2.45) is 0 Å². The number of nitrogen functional groups attached to an aromatic ring is 1. The van der Waals surface area contributed by atoms with E-state index >= 15 is 0 Å². The van der Waals surface area contributed by atoms with Crippen molar-refractivity contribution >= 4 is 11.4 Å². The number of rotatable bonds is 4. The molecule has 2 rings (SSSR count). The van der Waals surface area contributed by atoms with Crippen LogP contribution in [0.2, 0.25) is 0 Å². The minimum Gasteiger partial charge on any atom is -0.397 e. The Bertz CT molecular complexity index is 372. The number of aryl methyl sites for hydroxylation is 1. The van der Waals surface area contributed by atoms with Gasteiger partial charge in [-0.05, 0) is 38.3 Å². The topological polar surface area (TPSA) is 38.5 Å². The maximum Gasteiger partial charge on any atom is 0.0750 e. The highest BCUT2D eigenvalue weighted by atomic mass is 16.5. The minimum absolute atomic E-state index is 0.370. The second-order valence-electron chi connectivity index (χ2n) is 4.68. The molecule has 1 saturated heterocycles. The monoisotopic (exact) mass is 234 g/mol. The number of likely N-dealkylation sites (N-methyl/N-ethyl adjacent to an activating group) is 1. The van der Waals surface area contributed by atoms with E-state index in [1.54, 1.807) is 0 Å². The quantitative estimate of drug-likeness (QED) is 0.814. The third kappa shape index (κ3) is 2.72. The lowest BCUT2D eigenvalue weighted by molar-refractivity contribution is 0.116. The van der Waals surface area contributed by atoms with Crippen molar-refractivity contribution in [2.45, 2.75) is 32.8 Å². The number of nitrogens with zero attached hydrogens (tertiary/aromatic N) is 1. The highest BCUT2D eigenvalue weighted by molar-refractivity contribution is 5.70. The zero-order chi connectivity index (χ0) is 12.3. The molecule has 3 heteroatoms. The molecule has 2 N–H and O–H groups in total. The smallest absolute Gasteiger partial charge is 0.0750 e. The molecule has 3 nitrogen and oxygen atoms in total. The van der Waals surface area contributed by atoms with E-state index in [1.807, 2.05) is 0 Å². The van der Waals surface area contributed by atoms with E-state index in [1.165, 1.54) is 12.8 Å². The van der Waals surface area contributed by atoms with Crippen LogP contribution >= 0.6 is 0 Å². The Morgan fingerprint density at radius 1 is 1.47 bits per heavy atom. The summed E-state index contributed by atoms with van der Waals surface area (Å²) in [6.07, 6.45) is 2.73. The summed E-state index contributed by atoms with van der Waals surface area (Å²) in [4.78, 5) is 2.32. The van der Waals surface area contributed by atoms with Crippen LogP contribution in [-0.4, -0.2) is 25.8 Å². The standard InChI is InChI=1S/C14H22N2O/c1-3-16(10-12-7-5-9-17-12)13-8-4-6-11(2)14(13)15/h4,6,8,12H,3,5,7,9-10,15H2,1-2H3. The average molecular weight is 234 g/mol. The summed E-state index contributed by atoms with van der Waals surface area (Å²) in [7, 11) is 0. The third-order valence-electron chi connectivity index (χ3n) is 3.47. The number of hydrogen-bond acceptors (Lipinski definition) is 3. The molecule has 17 heavy (non-hydrogen) atoms. The molecule has 0 aliphatic carbocycles. The van der Waals surface area contributed by atoms with Crippen LogP contribution in [0.5, 0.6) is 0 Å². The number of ether oxygens (including phenoxy) is 1. The summed E-state index contributed by atoms with van der Waals surface area (Å²) in [6.45, 7) is 7.04. The first-order chi connectivity index (χ1) is 8.22. The minimum atomic E-state index is 0.370. The van der Waals surface area contributed by atoms with Crippen molar-refractivity contribution in [1.82, 2.24) is 0 Å². The molecule has 0 amide bonds. The molecule has 1 aromatic rings. The van der Waals surface area contributed by atoms with Crippen LogP contribution in [0.25, 0.3) is 0 Å². The highest BCUT2D eigenvalue weighted by Gasteiger charge is 2.19. The molecule has 1 aliphatic heterocycles. The van der Waals surface area contributed by atoms with Crippen molar-refractivity contribution in [3.8, 4) is 0 Å². The highest BCUT2D eigenvalue weighted by Crippen LogP contribution is 2.27. The van der Waals surface area contributed by atoms with E-state index in [0.717, 1.165) is 36.6 Å². The summed E-state index contributed by atoms with van der Waals surface area (Å²) in [5.41, 5.74) is 9.33. The summed E-state index contributed by atoms with van der Waals surface area (Å²) in [5, 5.41) is 0. The molecule has 1 aliphatic rings. The van der Waals surface area contributed by atoms with Crippen LogP contribution < -0.4 is 10.6 Å². The second kappa shape index (κ2) is 5.41. The lowest BCUT2D eigenvalue weighted by Gasteiger charge is -2.27. The maximum absolute atomic E-state index is 6.15. The van der Waals surface area contributed by atoms with E-state index in [-0.39, 0.29) is 0 Å². The van der Waals surface area contributed by atoms with Gasteiger partial charge in [-0.25, -0.2) is 0 Å². The fraction of sp³-hybridized carbons (Fsp3) is 0.571. The summed E-state index contributed by atoms with van der Waals surface area (Å²) in [5.74, 6) is 0. The van der Waals surface area contributed by atoms with E-state index in [9.17, 15) is 0 Å². The van der Waals surface area contributed by atoms with Crippen LogP contribution in [-0.2, 0) is 4.74 Å². The number of benzene rings is 1. The van der Waals surface area contributed by atoms with Crippen molar-refractivity contribution in [3.63, 3.8) is 0 Å². The Kier molecular flexibility index (Phi) is 3.89. The van der Waals surface area contributed by atoms with Gasteiger partial charge in [-0.2, -0.15) is 0 Å². The van der Waals surface area contributed by atoms with Crippen molar-refractivity contribution in [3.05, 3.63) is 23.8 Å². The molecule has 1 heterocycles. The van der Waals surface area contributed by atoms with Gasteiger partial charge in [0, 0.05) is 19.7 Å². The molecule has 1 aromatic carbocycles. The maximum atomic E-state index is 6.15. The predicted molar refractivity (Wildman–Crippen MR) is 72.5 cm³/mol. The Hall–Kier alpha value is -1.22. The van der Waals surface area contributed by atoms with Crippen LogP contribution in [0.1, 0.15) is 25.3 Å². The van der Waals surface area contributed by atoms with Gasteiger partial charge >= 0.3 is 0 Å². The molecule has 94 valence electrons. The SMILES string of the molecule is CCN(CC1CCCO1)c1cccc(C)c1N. The third-order valence-corrected chi connectivity index (χ3v) is 3.47. The summed E-state index contributed by atoms with van der Waals surface area (Å²) < 4.78 is 5.69. The summed E-state index contributed by atoms with van der Waals surface area (Å²) in [6, 6.07) is 6.22. The van der Waals surface area contributed by atoms with E-state index in [4.69, 9.17) is 10.5 Å². The first-order valence-corrected chi connectivity index (χ1v) is 6.44. The van der Waals surface area contributed by atoms with Gasteiger partial charge in [0.15, 0.2) is 0 Å². The largest absolute Gasteiger partial charge is 0.397 e. The molecular formula is C14H22N2O. The number of anilines is 2. The zero-order valence-electron chi connectivity index (χ0n) is 10.8. The molecular weight excluding hydrogens is 212 g/mol. The summed E-state index contributed by atoms with van der Waals surface area (Å²) >= 11 is 0. The normalized spacial score (nSPS) is 19.5. The second-order valence-corrected chi connectivity index (χ2v) is 4.68. The molecule has 0 aromatic heterocycles. The average Bonchev–Trinajstić information content (AvgIpc) is 2.83. The van der Waals surface area contributed by atoms with Gasteiger partial charge in [0.2, 0.25) is 0 Å². The molecule has 0 saturated carbocycles. The zero-order valence-corrected chi connectivity index (χ0v) is 10.8. The van der Waals surface area contributed by atoms with Gasteiger partial charge in [-0.1, -0.05) is 12.1 Å². The van der Waals surface area contributed by atoms with E-state index in [0.29, 0.717) is 6.10 Å². The predicted octanol–water partition coefficient (Wildman–Crippen LogP) is 2.58. The molecule has 0 bridgehead atoms. The molecule has 0 radical (unpaired) electrons. The lowest BCUT2D eigenvalue weighted by atomic mass is 10.1. The Morgan fingerprint density at radius 3 is 2.94 bits per heavy atom. The molecule has 1 fully saturated rings. The number of para-hydroxylation sites is 1. The molecule has 0 spiro atoms. The van der Waals surface area contributed by atoms with Gasteiger partial charge in [-0.15, -0.1) is 0 Å². The van der Waals surface area contributed by atoms with Crippen molar-refractivity contribution in [1.29, 1.82) is 0 Å². The molecule has 1 atom stereocenters. The van der Waals surface area contributed by atoms with E-state index < -0.39 is 0 Å².